The number of nitrogens with one attached hydrogen (secondary N) is 1. The first-order valence-corrected chi connectivity index (χ1v) is 8.71. The summed E-state index contributed by atoms with van der Waals surface area (Å²) in [6, 6.07) is 8.34. The van der Waals surface area contributed by atoms with E-state index in [0.29, 0.717) is 18.4 Å². The molecule has 23 heavy (non-hydrogen) atoms. The maximum absolute atomic E-state index is 12.1. The second kappa shape index (κ2) is 8.46. The number of aryl methyl sites for hydroxylation is 1. The third kappa shape index (κ3) is 5.33. The van der Waals surface area contributed by atoms with Crippen molar-refractivity contribution in [3.63, 3.8) is 0 Å². The highest BCUT2D eigenvalue weighted by atomic mass is 16.3. The van der Waals surface area contributed by atoms with E-state index in [2.05, 4.69) is 24.1 Å². The van der Waals surface area contributed by atoms with Crippen molar-refractivity contribution >= 4 is 5.91 Å². The predicted molar refractivity (Wildman–Crippen MR) is 93.2 cm³/mol. The molecule has 0 saturated carbocycles. The number of aliphatic hydroxyl groups is 1. The molecular formula is C19H30N2O2. The number of benzene rings is 1. The first-order valence-electron chi connectivity index (χ1n) is 8.71. The van der Waals surface area contributed by atoms with Crippen molar-refractivity contribution in [1.82, 2.24) is 10.2 Å². The molecule has 0 spiro atoms. The minimum atomic E-state index is -0.636. The van der Waals surface area contributed by atoms with Crippen molar-refractivity contribution in [3.8, 4) is 0 Å². The molecule has 2 rings (SSSR count). The fourth-order valence-electron chi connectivity index (χ4n) is 3.29. The smallest absolute Gasteiger partial charge is 0.220 e. The maximum Gasteiger partial charge on any atom is 0.220 e. The van der Waals surface area contributed by atoms with Crippen molar-refractivity contribution in [2.45, 2.75) is 52.2 Å². The Morgan fingerprint density at radius 1 is 1.30 bits per heavy atom. The van der Waals surface area contributed by atoms with Crippen LogP contribution in [0.25, 0.3) is 0 Å². The SMILES string of the molecule is Cc1ccccc1C(O)CNC(=O)CC1CCN(C(C)C)CC1. The van der Waals surface area contributed by atoms with E-state index in [9.17, 15) is 9.90 Å². The minimum Gasteiger partial charge on any atom is -0.387 e. The van der Waals surface area contributed by atoms with Crippen LogP contribution < -0.4 is 5.32 Å². The van der Waals surface area contributed by atoms with Crippen molar-refractivity contribution in [2.75, 3.05) is 19.6 Å². The molecule has 1 aliphatic rings. The zero-order valence-electron chi connectivity index (χ0n) is 14.6. The van der Waals surface area contributed by atoms with E-state index in [1.54, 1.807) is 0 Å². The molecule has 128 valence electrons. The van der Waals surface area contributed by atoms with Gasteiger partial charge in [0.05, 0.1) is 6.10 Å². The van der Waals surface area contributed by atoms with E-state index in [0.717, 1.165) is 37.1 Å². The van der Waals surface area contributed by atoms with Crippen molar-refractivity contribution in [1.29, 1.82) is 0 Å². The molecular weight excluding hydrogens is 288 g/mol. The van der Waals surface area contributed by atoms with Crippen LogP contribution in [0.3, 0.4) is 0 Å². The van der Waals surface area contributed by atoms with Gasteiger partial charge in [0.1, 0.15) is 0 Å². The molecule has 1 aromatic carbocycles. The van der Waals surface area contributed by atoms with Crippen molar-refractivity contribution in [3.05, 3.63) is 35.4 Å². The number of hydrogen-bond acceptors (Lipinski definition) is 3. The van der Waals surface area contributed by atoms with Crippen LogP contribution in [0.2, 0.25) is 0 Å². The summed E-state index contributed by atoms with van der Waals surface area (Å²) in [7, 11) is 0. The molecule has 1 aromatic rings. The highest BCUT2D eigenvalue weighted by Gasteiger charge is 2.23. The summed E-state index contributed by atoms with van der Waals surface area (Å²) >= 11 is 0. The van der Waals surface area contributed by atoms with E-state index < -0.39 is 6.10 Å². The van der Waals surface area contributed by atoms with Gasteiger partial charge in [-0.3, -0.25) is 4.79 Å². The number of nitrogens with zero attached hydrogens (tertiary/aromatic N) is 1. The van der Waals surface area contributed by atoms with Gasteiger partial charge in [-0.1, -0.05) is 24.3 Å². The summed E-state index contributed by atoms with van der Waals surface area (Å²) in [6.45, 7) is 8.88. The Labute approximate surface area is 139 Å². The largest absolute Gasteiger partial charge is 0.387 e. The first-order chi connectivity index (χ1) is 11.0. The molecule has 1 fully saturated rings. The van der Waals surface area contributed by atoms with Crippen molar-refractivity contribution in [2.24, 2.45) is 5.92 Å². The van der Waals surface area contributed by atoms with Crippen molar-refractivity contribution < 1.29 is 9.90 Å². The maximum atomic E-state index is 12.1. The third-order valence-corrected chi connectivity index (χ3v) is 4.89. The number of piperidine rings is 1. The average Bonchev–Trinajstić information content (AvgIpc) is 2.53. The molecule has 1 saturated heterocycles. The summed E-state index contributed by atoms with van der Waals surface area (Å²) in [4.78, 5) is 14.6. The van der Waals surface area contributed by atoms with Gasteiger partial charge in [0.2, 0.25) is 5.91 Å². The van der Waals surface area contributed by atoms with Gasteiger partial charge in [0, 0.05) is 19.0 Å². The Balaban J connectivity index is 1.72. The molecule has 1 aliphatic heterocycles. The Kier molecular flexibility index (Phi) is 6.60. The summed E-state index contributed by atoms with van der Waals surface area (Å²) in [5.74, 6) is 0.529. The Bertz CT molecular complexity index is 508. The number of rotatable bonds is 6. The van der Waals surface area contributed by atoms with Gasteiger partial charge in [0.15, 0.2) is 0 Å². The standard InChI is InChI=1S/C19H30N2O2/c1-14(2)21-10-8-16(9-11-21)12-19(23)20-13-18(22)17-7-5-4-6-15(17)3/h4-7,14,16,18,22H,8-13H2,1-3H3,(H,20,23). The van der Waals surface area contributed by atoms with Gasteiger partial charge < -0.3 is 15.3 Å². The number of likely N-dealkylation sites (tertiary alicyclic amines) is 1. The molecule has 0 bridgehead atoms. The third-order valence-electron chi connectivity index (χ3n) is 4.89. The first kappa shape index (κ1) is 18.0. The van der Waals surface area contributed by atoms with Crippen LogP contribution in [-0.4, -0.2) is 41.6 Å². The Hall–Kier alpha value is -1.39. The van der Waals surface area contributed by atoms with Crippen LogP contribution in [-0.2, 0) is 4.79 Å². The fraction of sp³-hybridized carbons (Fsp3) is 0.632. The molecule has 4 nitrogen and oxygen atoms in total. The molecule has 1 heterocycles. The molecule has 1 amide bonds. The van der Waals surface area contributed by atoms with Gasteiger partial charge in [-0.05, 0) is 63.7 Å². The van der Waals surface area contributed by atoms with E-state index in [4.69, 9.17) is 0 Å². The molecule has 4 heteroatoms. The van der Waals surface area contributed by atoms with Crippen LogP contribution in [0.4, 0.5) is 0 Å². The van der Waals surface area contributed by atoms with Crippen LogP contribution in [0, 0.1) is 12.8 Å². The van der Waals surface area contributed by atoms with E-state index in [-0.39, 0.29) is 12.5 Å². The van der Waals surface area contributed by atoms with Gasteiger partial charge >= 0.3 is 0 Å². The van der Waals surface area contributed by atoms with Crippen LogP contribution in [0.15, 0.2) is 24.3 Å². The monoisotopic (exact) mass is 318 g/mol. The second-order valence-corrected chi connectivity index (χ2v) is 6.95. The molecule has 2 N–H and O–H groups in total. The number of aliphatic hydroxyl groups excluding tert-OH is 1. The topological polar surface area (TPSA) is 52.6 Å². The normalized spacial score (nSPS) is 18.1. The molecule has 0 aliphatic carbocycles. The molecule has 0 radical (unpaired) electrons. The van der Waals surface area contributed by atoms with E-state index >= 15 is 0 Å². The average molecular weight is 318 g/mol. The van der Waals surface area contributed by atoms with Crippen LogP contribution in [0.1, 0.15) is 50.3 Å². The number of carbonyl (C=O) groups excluding carboxylic acids is 1. The highest BCUT2D eigenvalue weighted by Crippen LogP contribution is 2.22. The summed E-state index contributed by atoms with van der Waals surface area (Å²) in [5.41, 5.74) is 1.94. The van der Waals surface area contributed by atoms with E-state index in [1.165, 1.54) is 0 Å². The van der Waals surface area contributed by atoms with Gasteiger partial charge in [-0.15, -0.1) is 0 Å². The van der Waals surface area contributed by atoms with Gasteiger partial charge in [0.25, 0.3) is 0 Å². The van der Waals surface area contributed by atoms with Gasteiger partial charge in [-0.2, -0.15) is 0 Å². The lowest BCUT2D eigenvalue weighted by Crippen LogP contribution is -2.40. The Morgan fingerprint density at radius 3 is 2.57 bits per heavy atom. The fourth-order valence-corrected chi connectivity index (χ4v) is 3.29. The lowest BCUT2D eigenvalue weighted by molar-refractivity contribution is -0.122. The van der Waals surface area contributed by atoms with Gasteiger partial charge in [-0.25, -0.2) is 0 Å². The zero-order valence-corrected chi connectivity index (χ0v) is 14.6. The second-order valence-electron chi connectivity index (χ2n) is 6.95. The number of carbonyl (C=O) groups is 1. The highest BCUT2D eigenvalue weighted by molar-refractivity contribution is 5.76. The number of hydrogen-bond donors (Lipinski definition) is 2. The minimum absolute atomic E-state index is 0.0561. The lowest BCUT2D eigenvalue weighted by atomic mass is 9.92. The summed E-state index contributed by atoms with van der Waals surface area (Å²) in [6.07, 6.45) is 2.12. The zero-order chi connectivity index (χ0) is 16.8. The number of amides is 1. The molecule has 1 unspecified atom stereocenters. The summed E-state index contributed by atoms with van der Waals surface area (Å²) in [5, 5.41) is 13.1. The van der Waals surface area contributed by atoms with E-state index in [1.807, 2.05) is 31.2 Å². The molecule has 1 atom stereocenters. The lowest BCUT2D eigenvalue weighted by Gasteiger charge is -2.34. The van der Waals surface area contributed by atoms with Crippen LogP contribution in [0.5, 0.6) is 0 Å². The Morgan fingerprint density at radius 2 is 1.96 bits per heavy atom. The molecule has 0 aromatic heterocycles. The predicted octanol–water partition coefficient (Wildman–Crippen LogP) is 2.66. The van der Waals surface area contributed by atoms with Crippen LogP contribution >= 0.6 is 0 Å². The quantitative estimate of drug-likeness (QED) is 0.848. The summed E-state index contributed by atoms with van der Waals surface area (Å²) < 4.78 is 0.